The van der Waals surface area contributed by atoms with Gasteiger partial charge in [0.2, 0.25) is 0 Å². The number of aliphatic imine (C=N–C) groups is 1. The highest BCUT2D eigenvalue weighted by Crippen LogP contribution is 2.26. The number of nitrogens with zero attached hydrogens (tertiary/aromatic N) is 1. The lowest BCUT2D eigenvalue weighted by Crippen LogP contribution is -2.25. The Kier molecular flexibility index (Phi) is 4.17. The smallest absolute Gasteiger partial charge is 0.161 e. The van der Waals surface area contributed by atoms with Crippen molar-refractivity contribution in [2.24, 2.45) is 10.9 Å². The number of benzene rings is 1. The molecule has 0 saturated heterocycles. The molecule has 2 unspecified atom stereocenters. The number of hydrogen-bond donors (Lipinski definition) is 1. The molecule has 18 heavy (non-hydrogen) atoms. The lowest BCUT2D eigenvalue weighted by atomic mass is 10.1. The van der Waals surface area contributed by atoms with Gasteiger partial charge in [-0.05, 0) is 43.5 Å². The number of nitrogens with one attached hydrogen (secondary N) is 1. The van der Waals surface area contributed by atoms with Crippen LogP contribution in [0.1, 0.15) is 19.4 Å². The zero-order chi connectivity index (χ0) is 13.1. The van der Waals surface area contributed by atoms with Crippen LogP contribution in [0.5, 0.6) is 5.75 Å². The maximum Gasteiger partial charge on any atom is 0.161 e. The Bertz CT molecular complexity index is 459. The Morgan fingerprint density at radius 2 is 2.17 bits per heavy atom. The Balaban J connectivity index is 2.12. The van der Waals surface area contributed by atoms with Gasteiger partial charge >= 0.3 is 0 Å². The van der Waals surface area contributed by atoms with E-state index in [0.29, 0.717) is 12.0 Å². The molecule has 0 radical (unpaired) electrons. The Labute approximate surface area is 113 Å². The maximum absolute atomic E-state index is 5.21. The lowest BCUT2D eigenvalue weighted by molar-refractivity contribution is 0.414. The number of aryl methyl sites for hydroxylation is 1. The highest BCUT2D eigenvalue weighted by Gasteiger charge is 2.19. The van der Waals surface area contributed by atoms with Crippen LogP contribution in [0.15, 0.2) is 23.2 Å². The number of amidine groups is 1. The van der Waals surface area contributed by atoms with Crippen LogP contribution in [-0.4, -0.2) is 24.1 Å². The second-order valence-corrected chi connectivity index (χ2v) is 5.78. The monoisotopic (exact) mass is 264 g/mol. The van der Waals surface area contributed by atoms with Gasteiger partial charge in [-0.15, -0.1) is 0 Å². The van der Waals surface area contributed by atoms with Gasteiger partial charge in [-0.25, -0.2) is 0 Å². The topological polar surface area (TPSA) is 33.6 Å². The summed E-state index contributed by atoms with van der Waals surface area (Å²) in [5.74, 6) is 2.66. The van der Waals surface area contributed by atoms with Crippen LogP contribution in [0.25, 0.3) is 0 Å². The van der Waals surface area contributed by atoms with Crippen molar-refractivity contribution in [3.8, 4) is 5.75 Å². The van der Waals surface area contributed by atoms with E-state index in [-0.39, 0.29) is 0 Å². The van der Waals surface area contributed by atoms with Crippen molar-refractivity contribution >= 4 is 22.6 Å². The van der Waals surface area contributed by atoms with E-state index in [2.05, 4.69) is 31.1 Å². The number of rotatable bonds is 2. The molecule has 0 saturated carbocycles. The number of thioether (sulfide) groups is 1. The van der Waals surface area contributed by atoms with Crippen LogP contribution in [0.3, 0.4) is 0 Å². The maximum atomic E-state index is 5.21. The zero-order valence-corrected chi connectivity index (χ0v) is 12.2. The van der Waals surface area contributed by atoms with Crippen molar-refractivity contribution in [2.75, 3.05) is 18.2 Å². The summed E-state index contributed by atoms with van der Waals surface area (Å²) < 4.78 is 5.21. The molecule has 2 atom stereocenters. The molecule has 0 amide bonds. The van der Waals surface area contributed by atoms with Crippen molar-refractivity contribution < 1.29 is 4.74 Å². The molecule has 0 bridgehead atoms. The van der Waals surface area contributed by atoms with Crippen LogP contribution < -0.4 is 10.1 Å². The molecule has 1 aromatic rings. The summed E-state index contributed by atoms with van der Waals surface area (Å²) in [7, 11) is 1.69. The van der Waals surface area contributed by atoms with Gasteiger partial charge in [0, 0.05) is 11.4 Å². The average molecular weight is 264 g/mol. The standard InChI is InChI=1S/C14H20N2OS/c1-9-7-12(17-4)5-6-13(9)16-14-15-11(3)10(2)8-18-14/h5-7,10-11H,8H2,1-4H3,(H,15,16). The zero-order valence-electron chi connectivity index (χ0n) is 11.4. The Hall–Kier alpha value is -1.16. The van der Waals surface area contributed by atoms with Crippen molar-refractivity contribution in [2.45, 2.75) is 26.8 Å². The normalized spacial score (nSPS) is 23.4. The molecule has 1 N–H and O–H groups in total. The van der Waals surface area contributed by atoms with E-state index in [4.69, 9.17) is 4.74 Å². The molecule has 1 aromatic carbocycles. The third-order valence-corrected chi connectivity index (χ3v) is 4.48. The predicted molar refractivity (Wildman–Crippen MR) is 79.9 cm³/mol. The summed E-state index contributed by atoms with van der Waals surface area (Å²) in [4.78, 5) is 4.68. The van der Waals surface area contributed by atoms with Gasteiger partial charge in [-0.2, -0.15) is 0 Å². The third-order valence-electron chi connectivity index (χ3n) is 3.30. The van der Waals surface area contributed by atoms with Gasteiger partial charge in [0.15, 0.2) is 5.17 Å². The first-order valence-electron chi connectivity index (χ1n) is 6.22. The van der Waals surface area contributed by atoms with E-state index < -0.39 is 0 Å². The first kappa shape index (κ1) is 13.3. The third kappa shape index (κ3) is 2.99. The van der Waals surface area contributed by atoms with E-state index in [1.165, 1.54) is 5.56 Å². The number of anilines is 1. The van der Waals surface area contributed by atoms with Crippen LogP contribution in [0, 0.1) is 12.8 Å². The predicted octanol–water partition coefficient (Wildman–Crippen LogP) is 3.54. The average Bonchev–Trinajstić information content (AvgIpc) is 2.36. The molecule has 4 heteroatoms. The Morgan fingerprint density at radius 3 is 2.78 bits per heavy atom. The summed E-state index contributed by atoms with van der Waals surface area (Å²) in [6.45, 7) is 6.49. The summed E-state index contributed by atoms with van der Waals surface area (Å²) in [6.07, 6.45) is 0. The molecule has 0 spiro atoms. The van der Waals surface area contributed by atoms with Crippen molar-refractivity contribution in [3.63, 3.8) is 0 Å². The van der Waals surface area contributed by atoms with E-state index in [9.17, 15) is 0 Å². The first-order valence-corrected chi connectivity index (χ1v) is 7.21. The summed E-state index contributed by atoms with van der Waals surface area (Å²) in [5, 5.41) is 4.43. The molecule has 98 valence electrons. The molecular formula is C14H20N2OS. The second kappa shape index (κ2) is 5.65. The summed E-state index contributed by atoms with van der Waals surface area (Å²) in [5.41, 5.74) is 2.27. The first-order chi connectivity index (χ1) is 8.60. The van der Waals surface area contributed by atoms with Gasteiger partial charge in [-0.1, -0.05) is 18.7 Å². The second-order valence-electron chi connectivity index (χ2n) is 4.77. The molecule has 2 rings (SSSR count). The molecule has 1 heterocycles. The van der Waals surface area contributed by atoms with Crippen molar-refractivity contribution in [3.05, 3.63) is 23.8 Å². The fourth-order valence-corrected chi connectivity index (χ4v) is 2.91. The minimum absolute atomic E-state index is 0.396. The van der Waals surface area contributed by atoms with Gasteiger partial charge in [0.1, 0.15) is 5.75 Å². The minimum atomic E-state index is 0.396. The largest absolute Gasteiger partial charge is 0.497 e. The summed E-state index contributed by atoms with van der Waals surface area (Å²) >= 11 is 1.80. The number of methoxy groups -OCH3 is 1. The molecule has 0 aliphatic carbocycles. The van der Waals surface area contributed by atoms with Crippen LogP contribution in [0.2, 0.25) is 0 Å². The molecule has 3 nitrogen and oxygen atoms in total. The SMILES string of the molecule is COc1ccc(NC2=NC(C)C(C)CS2)c(C)c1. The highest BCUT2D eigenvalue weighted by molar-refractivity contribution is 8.14. The van der Waals surface area contributed by atoms with Crippen LogP contribution in [0.4, 0.5) is 5.69 Å². The van der Waals surface area contributed by atoms with Crippen molar-refractivity contribution in [1.29, 1.82) is 0 Å². The molecule has 0 fully saturated rings. The molecule has 1 aliphatic heterocycles. The molecule has 0 aromatic heterocycles. The quantitative estimate of drug-likeness (QED) is 0.887. The van der Waals surface area contributed by atoms with Gasteiger partial charge in [-0.3, -0.25) is 4.99 Å². The Morgan fingerprint density at radius 1 is 1.39 bits per heavy atom. The fraction of sp³-hybridized carbons (Fsp3) is 0.500. The van der Waals surface area contributed by atoms with E-state index in [1.54, 1.807) is 18.9 Å². The molecular weight excluding hydrogens is 244 g/mol. The lowest BCUT2D eigenvalue weighted by Gasteiger charge is -2.24. The number of ether oxygens (including phenoxy) is 1. The van der Waals surface area contributed by atoms with E-state index in [0.717, 1.165) is 22.4 Å². The van der Waals surface area contributed by atoms with Gasteiger partial charge in [0.25, 0.3) is 0 Å². The highest BCUT2D eigenvalue weighted by atomic mass is 32.2. The molecule has 1 aliphatic rings. The van der Waals surface area contributed by atoms with Crippen LogP contribution in [-0.2, 0) is 0 Å². The van der Waals surface area contributed by atoms with E-state index in [1.807, 2.05) is 18.2 Å². The van der Waals surface area contributed by atoms with Gasteiger partial charge in [0.05, 0.1) is 13.2 Å². The fourth-order valence-electron chi connectivity index (χ4n) is 1.79. The minimum Gasteiger partial charge on any atom is -0.497 e. The van der Waals surface area contributed by atoms with Crippen molar-refractivity contribution in [1.82, 2.24) is 0 Å². The van der Waals surface area contributed by atoms with Gasteiger partial charge < -0.3 is 10.1 Å². The number of hydrogen-bond acceptors (Lipinski definition) is 4. The van der Waals surface area contributed by atoms with Crippen LogP contribution >= 0.6 is 11.8 Å². The summed E-state index contributed by atoms with van der Waals surface area (Å²) in [6, 6.07) is 6.44. The van der Waals surface area contributed by atoms with E-state index >= 15 is 0 Å².